The van der Waals surface area contributed by atoms with Crippen LogP contribution in [0.1, 0.15) is 50.2 Å². The van der Waals surface area contributed by atoms with E-state index in [1.165, 1.54) is 24.4 Å². The van der Waals surface area contributed by atoms with Crippen LogP contribution in [0.4, 0.5) is 0 Å². The van der Waals surface area contributed by atoms with E-state index in [1.807, 2.05) is 0 Å². The van der Waals surface area contributed by atoms with Crippen LogP contribution in [0.5, 0.6) is 0 Å². The molecule has 0 radical (unpaired) electrons. The molecule has 2 heterocycles. The number of halogens is 1. The minimum Gasteiger partial charge on any atom is -0.328 e. The van der Waals surface area contributed by atoms with Crippen LogP contribution in [0.2, 0.25) is 0 Å². The topological polar surface area (TPSA) is 43.8 Å². The molecule has 0 fully saturated rings. The second kappa shape index (κ2) is 4.26. The van der Waals surface area contributed by atoms with Crippen molar-refractivity contribution in [2.24, 2.45) is 5.73 Å². The van der Waals surface area contributed by atoms with Gasteiger partial charge in [0, 0.05) is 18.5 Å². The van der Waals surface area contributed by atoms with Gasteiger partial charge in [0.05, 0.1) is 5.69 Å². The van der Waals surface area contributed by atoms with Gasteiger partial charge < -0.3 is 10.3 Å². The van der Waals surface area contributed by atoms with Crippen molar-refractivity contribution in [3.05, 3.63) is 16.1 Å². The first-order valence-electron chi connectivity index (χ1n) is 5.61. The minimum atomic E-state index is 0.449. The standard InChI is InChI=1S/C11H18BrN3/c1-7(2)11-14-10(12)9-5-3-4-8(6-13)15(9)11/h7-8H,3-6,13H2,1-2H3. The van der Waals surface area contributed by atoms with Gasteiger partial charge in [0.1, 0.15) is 10.4 Å². The Morgan fingerprint density at radius 1 is 1.60 bits per heavy atom. The molecule has 3 nitrogen and oxygen atoms in total. The van der Waals surface area contributed by atoms with Crippen molar-refractivity contribution in [3.8, 4) is 0 Å². The highest BCUT2D eigenvalue weighted by atomic mass is 79.9. The zero-order valence-electron chi connectivity index (χ0n) is 9.33. The van der Waals surface area contributed by atoms with E-state index < -0.39 is 0 Å². The van der Waals surface area contributed by atoms with E-state index in [1.54, 1.807) is 0 Å². The molecule has 0 saturated carbocycles. The molecule has 0 aliphatic carbocycles. The zero-order chi connectivity index (χ0) is 11.0. The smallest absolute Gasteiger partial charge is 0.127 e. The number of imidazole rings is 1. The van der Waals surface area contributed by atoms with Gasteiger partial charge in [0.2, 0.25) is 0 Å². The Hall–Kier alpha value is -0.350. The van der Waals surface area contributed by atoms with Gasteiger partial charge >= 0.3 is 0 Å². The summed E-state index contributed by atoms with van der Waals surface area (Å²) in [4.78, 5) is 4.61. The van der Waals surface area contributed by atoms with Crippen LogP contribution in [0.15, 0.2) is 4.60 Å². The Bertz CT molecular complexity index is 357. The summed E-state index contributed by atoms with van der Waals surface area (Å²) in [5.41, 5.74) is 7.17. The molecule has 2 N–H and O–H groups in total. The predicted octanol–water partition coefficient (Wildman–Crippen LogP) is 2.61. The SMILES string of the molecule is CC(C)c1nc(Br)c2n1C(CN)CCC2. The first-order chi connectivity index (χ1) is 7.15. The van der Waals surface area contributed by atoms with Crippen molar-refractivity contribution < 1.29 is 0 Å². The van der Waals surface area contributed by atoms with E-state index in [0.717, 1.165) is 17.6 Å². The lowest BCUT2D eigenvalue weighted by atomic mass is 10.0. The maximum Gasteiger partial charge on any atom is 0.127 e. The lowest BCUT2D eigenvalue weighted by Crippen LogP contribution is -2.26. The van der Waals surface area contributed by atoms with E-state index in [2.05, 4.69) is 39.3 Å². The van der Waals surface area contributed by atoms with Gasteiger partial charge in [-0.05, 0) is 35.2 Å². The maximum absolute atomic E-state index is 5.83. The van der Waals surface area contributed by atoms with Crippen molar-refractivity contribution in [3.63, 3.8) is 0 Å². The van der Waals surface area contributed by atoms with Crippen LogP contribution in [-0.2, 0) is 6.42 Å². The molecule has 0 aromatic carbocycles. The van der Waals surface area contributed by atoms with Crippen molar-refractivity contribution in [2.45, 2.75) is 45.1 Å². The number of rotatable bonds is 2. The number of hydrogen-bond donors (Lipinski definition) is 1. The summed E-state index contributed by atoms with van der Waals surface area (Å²) >= 11 is 3.56. The lowest BCUT2D eigenvalue weighted by molar-refractivity contribution is 0.392. The second-order valence-corrected chi connectivity index (χ2v) is 5.27. The Labute approximate surface area is 99.2 Å². The van der Waals surface area contributed by atoms with Gasteiger partial charge in [0.25, 0.3) is 0 Å². The number of nitrogens with zero attached hydrogens (tertiary/aromatic N) is 2. The normalized spacial score (nSPS) is 20.7. The molecule has 0 amide bonds. The van der Waals surface area contributed by atoms with E-state index in [-0.39, 0.29) is 0 Å². The fraction of sp³-hybridized carbons (Fsp3) is 0.727. The lowest BCUT2D eigenvalue weighted by Gasteiger charge is -2.27. The molecule has 2 rings (SSSR count). The highest BCUT2D eigenvalue weighted by molar-refractivity contribution is 9.10. The Morgan fingerprint density at radius 2 is 2.33 bits per heavy atom. The number of fused-ring (bicyclic) bond motifs is 1. The molecule has 1 aliphatic heterocycles. The summed E-state index contributed by atoms with van der Waals surface area (Å²) in [5, 5.41) is 0. The Kier molecular flexibility index (Phi) is 3.16. The maximum atomic E-state index is 5.83. The summed E-state index contributed by atoms with van der Waals surface area (Å²) in [5.74, 6) is 1.63. The van der Waals surface area contributed by atoms with E-state index in [4.69, 9.17) is 5.73 Å². The first-order valence-corrected chi connectivity index (χ1v) is 6.41. The molecular formula is C11H18BrN3. The molecule has 0 spiro atoms. The highest BCUT2D eigenvalue weighted by Gasteiger charge is 2.26. The second-order valence-electron chi connectivity index (χ2n) is 4.51. The largest absolute Gasteiger partial charge is 0.328 e. The van der Waals surface area contributed by atoms with Gasteiger partial charge in [-0.3, -0.25) is 0 Å². The third kappa shape index (κ3) is 1.85. The van der Waals surface area contributed by atoms with E-state index in [0.29, 0.717) is 12.0 Å². The third-order valence-electron chi connectivity index (χ3n) is 3.09. The molecule has 84 valence electrons. The molecule has 0 saturated heterocycles. The Balaban J connectivity index is 2.50. The van der Waals surface area contributed by atoms with Crippen LogP contribution in [0.3, 0.4) is 0 Å². The molecule has 15 heavy (non-hydrogen) atoms. The van der Waals surface area contributed by atoms with Crippen LogP contribution in [0, 0.1) is 0 Å². The molecule has 4 heteroatoms. The third-order valence-corrected chi connectivity index (χ3v) is 3.73. The first kappa shape index (κ1) is 11.1. The molecule has 1 atom stereocenters. The quantitative estimate of drug-likeness (QED) is 0.899. The van der Waals surface area contributed by atoms with Crippen LogP contribution in [0.25, 0.3) is 0 Å². The van der Waals surface area contributed by atoms with Crippen LogP contribution >= 0.6 is 15.9 Å². The molecular weight excluding hydrogens is 254 g/mol. The van der Waals surface area contributed by atoms with E-state index in [9.17, 15) is 0 Å². The molecule has 1 aromatic rings. The molecule has 1 aromatic heterocycles. The average molecular weight is 272 g/mol. The number of nitrogens with two attached hydrogens (primary N) is 1. The van der Waals surface area contributed by atoms with Crippen molar-refractivity contribution in [2.75, 3.05) is 6.54 Å². The fourth-order valence-corrected chi connectivity index (χ4v) is 2.92. The molecule has 1 unspecified atom stereocenters. The van der Waals surface area contributed by atoms with Gasteiger partial charge in [-0.25, -0.2) is 4.98 Å². The van der Waals surface area contributed by atoms with Crippen LogP contribution in [-0.4, -0.2) is 16.1 Å². The summed E-state index contributed by atoms with van der Waals surface area (Å²) in [6.45, 7) is 5.09. The summed E-state index contributed by atoms with van der Waals surface area (Å²) in [6.07, 6.45) is 3.53. The van der Waals surface area contributed by atoms with Gasteiger partial charge in [-0.2, -0.15) is 0 Å². The zero-order valence-corrected chi connectivity index (χ0v) is 10.9. The van der Waals surface area contributed by atoms with Crippen molar-refractivity contribution >= 4 is 15.9 Å². The van der Waals surface area contributed by atoms with Crippen LogP contribution < -0.4 is 5.73 Å². The minimum absolute atomic E-state index is 0.449. The highest BCUT2D eigenvalue weighted by Crippen LogP contribution is 2.33. The summed E-state index contributed by atoms with van der Waals surface area (Å²) in [6, 6.07) is 0.449. The number of aromatic nitrogens is 2. The van der Waals surface area contributed by atoms with Gasteiger partial charge in [0.15, 0.2) is 0 Å². The van der Waals surface area contributed by atoms with Crippen molar-refractivity contribution in [1.82, 2.24) is 9.55 Å². The predicted molar refractivity (Wildman–Crippen MR) is 65.0 cm³/mol. The average Bonchev–Trinajstić information content (AvgIpc) is 2.56. The van der Waals surface area contributed by atoms with E-state index >= 15 is 0 Å². The van der Waals surface area contributed by atoms with Crippen molar-refractivity contribution in [1.29, 1.82) is 0 Å². The van der Waals surface area contributed by atoms with Gasteiger partial charge in [-0.1, -0.05) is 13.8 Å². The molecule has 1 aliphatic rings. The fourth-order valence-electron chi connectivity index (χ4n) is 2.35. The number of hydrogen-bond acceptors (Lipinski definition) is 2. The van der Waals surface area contributed by atoms with Gasteiger partial charge in [-0.15, -0.1) is 0 Å². The summed E-state index contributed by atoms with van der Waals surface area (Å²) < 4.78 is 3.38. The monoisotopic (exact) mass is 271 g/mol. The molecule has 0 bridgehead atoms. The summed E-state index contributed by atoms with van der Waals surface area (Å²) in [7, 11) is 0. The Morgan fingerprint density at radius 3 is 2.93 bits per heavy atom.